The fraction of sp³-hybridized carbons (Fsp3) is 0.529. The van der Waals surface area contributed by atoms with Crippen molar-refractivity contribution in [3.8, 4) is 0 Å². The average molecular weight is 397 g/mol. The number of ether oxygens (including phenoxy) is 1. The van der Waals surface area contributed by atoms with Gasteiger partial charge in [-0.15, -0.1) is 11.3 Å². The Balaban J connectivity index is 1.65. The molecule has 0 unspecified atom stereocenters. The molecule has 1 amide bonds. The topological polar surface area (TPSA) is 42.4 Å². The van der Waals surface area contributed by atoms with Crippen molar-refractivity contribution in [2.45, 2.75) is 45.1 Å². The Morgan fingerprint density at radius 1 is 1.35 bits per heavy atom. The second-order valence-corrected chi connectivity index (χ2v) is 8.88. The highest BCUT2D eigenvalue weighted by atomic mass is 79.9. The lowest BCUT2D eigenvalue weighted by molar-refractivity contribution is 0.0205. The molecule has 4 nitrogen and oxygen atoms in total. The molecule has 0 radical (unpaired) electrons. The Kier molecular flexibility index (Phi) is 4.65. The first-order valence-corrected chi connectivity index (χ1v) is 9.47. The number of hydrogen-bond donors (Lipinski definition) is 0. The summed E-state index contributed by atoms with van der Waals surface area (Å²) in [7, 11) is 0. The third-order valence-electron chi connectivity index (χ3n) is 3.86. The molecule has 1 aliphatic heterocycles. The first kappa shape index (κ1) is 16.7. The molecule has 124 valence electrons. The predicted octanol–water partition coefficient (Wildman–Crippen LogP) is 5.17. The number of rotatable bonds is 1. The summed E-state index contributed by atoms with van der Waals surface area (Å²) in [6.45, 7) is 7.17. The van der Waals surface area contributed by atoms with E-state index in [1.54, 1.807) is 11.3 Å². The Morgan fingerprint density at radius 2 is 2.04 bits per heavy atom. The molecule has 1 saturated heterocycles. The van der Waals surface area contributed by atoms with E-state index in [0.717, 1.165) is 35.9 Å². The van der Waals surface area contributed by atoms with Crippen molar-refractivity contribution < 1.29 is 9.53 Å². The number of thiazole rings is 1. The van der Waals surface area contributed by atoms with Crippen LogP contribution in [0.2, 0.25) is 0 Å². The maximum atomic E-state index is 12.1. The van der Waals surface area contributed by atoms with Gasteiger partial charge in [-0.25, -0.2) is 9.78 Å². The van der Waals surface area contributed by atoms with E-state index in [9.17, 15) is 4.79 Å². The first-order valence-electron chi connectivity index (χ1n) is 7.86. The summed E-state index contributed by atoms with van der Waals surface area (Å²) in [6, 6.07) is 6.19. The molecule has 1 fully saturated rings. The smallest absolute Gasteiger partial charge is 0.410 e. The highest BCUT2D eigenvalue weighted by Crippen LogP contribution is 2.35. The largest absolute Gasteiger partial charge is 0.444 e. The van der Waals surface area contributed by atoms with Gasteiger partial charge in [0.15, 0.2) is 0 Å². The molecule has 0 saturated carbocycles. The third-order valence-corrected chi connectivity index (χ3v) is 5.54. The van der Waals surface area contributed by atoms with Crippen LogP contribution in [-0.2, 0) is 4.74 Å². The quantitative estimate of drug-likeness (QED) is 0.667. The van der Waals surface area contributed by atoms with Gasteiger partial charge in [-0.05, 0) is 51.8 Å². The molecule has 1 aromatic heterocycles. The van der Waals surface area contributed by atoms with E-state index in [4.69, 9.17) is 9.72 Å². The average Bonchev–Trinajstić information content (AvgIpc) is 2.88. The van der Waals surface area contributed by atoms with Crippen molar-refractivity contribution in [3.63, 3.8) is 0 Å². The van der Waals surface area contributed by atoms with Crippen LogP contribution < -0.4 is 0 Å². The predicted molar refractivity (Wildman–Crippen MR) is 97.1 cm³/mol. The van der Waals surface area contributed by atoms with Gasteiger partial charge in [0, 0.05) is 23.5 Å². The zero-order chi connectivity index (χ0) is 16.6. The number of amides is 1. The molecule has 0 spiro atoms. The van der Waals surface area contributed by atoms with Gasteiger partial charge in [0.05, 0.1) is 15.2 Å². The van der Waals surface area contributed by atoms with E-state index in [0.29, 0.717) is 5.92 Å². The fourth-order valence-electron chi connectivity index (χ4n) is 2.73. The van der Waals surface area contributed by atoms with Gasteiger partial charge >= 0.3 is 6.09 Å². The number of hydrogen-bond acceptors (Lipinski definition) is 4. The van der Waals surface area contributed by atoms with Gasteiger partial charge < -0.3 is 9.64 Å². The summed E-state index contributed by atoms with van der Waals surface area (Å²) >= 11 is 5.27. The molecule has 2 aromatic rings. The minimum atomic E-state index is -0.436. The summed E-state index contributed by atoms with van der Waals surface area (Å²) in [5.74, 6) is 0.435. The molecule has 0 bridgehead atoms. The van der Waals surface area contributed by atoms with Gasteiger partial charge in [-0.2, -0.15) is 0 Å². The van der Waals surface area contributed by atoms with Crippen molar-refractivity contribution in [1.29, 1.82) is 0 Å². The second-order valence-electron chi connectivity index (χ2n) is 6.91. The third kappa shape index (κ3) is 4.04. The van der Waals surface area contributed by atoms with Crippen LogP contribution in [0, 0.1) is 0 Å². The molecule has 1 aliphatic rings. The van der Waals surface area contributed by atoms with E-state index in [-0.39, 0.29) is 6.09 Å². The van der Waals surface area contributed by atoms with E-state index in [2.05, 4.69) is 28.1 Å². The Morgan fingerprint density at radius 3 is 2.70 bits per heavy atom. The minimum Gasteiger partial charge on any atom is -0.444 e. The maximum Gasteiger partial charge on any atom is 0.410 e. The van der Waals surface area contributed by atoms with Crippen LogP contribution in [0.1, 0.15) is 44.5 Å². The lowest BCUT2D eigenvalue weighted by Crippen LogP contribution is -2.41. The summed E-state index contributed by atoms with van der Waals surface area (Å²) in [5, 5.41) is 1.18. The van der Waals surface area contributed by atoms with Gasteiger partial charge in [0.25, 0.3) is 0 Å². The number of fused-ring (bicyclic) bond motifs is 1. The molecule has 6 heteroatoms. The summed E-state index contributed by atoms with van der Waals surface area (Å²) < 4.78 is 7.74. The molecular weight excluding hydrogens is 376 g/mol. The fourth-order valence-corrected chi connectivity index (χ4v) is 4.41. The van der Waals surface area contributed by atoms with Gasteiger partial charge in [-0.3, -0.25) is 0 Å². The van der Waals surface area contributed by atoms with Crippen molar-refractivity contribution in [3.05, 3.63) is 27.7 Å². The maximum absolute atomic E-state index is 12.1. The summed E-state index contributed by atoms with van der Waals surface area (Å²) in [4.78, 5) is 18.7. The van der Waals surface area contributed by atoms with Crippen molar-refractivity contribution in [2.24, 2.45) is 0 Å². The Hall–Kier alpha value is -1.14. The molecule has 0 atom stereocenters. The number of carbonyl (C=O) groups excluding carboxylic acids is 1. The summed E-state index contributed by atoms with van der Waals surface area (Å²) in [5.41, 5.74) is 0.622. The zero-order valence-electron chi connectivity index (χ0n) is 13.6. The molecule has 3 rings (SSSR count). The number of nitrogens with zero attached hydrogens (tertiary/aromatic N) is 2. The lowest BCUT2D eigenvalue weighted by Gasteiger charge is -2.32. The summed E-state index contributed by atoms with van der Waals surface area (Å²) in [6.07, 6.45) is 1.68. The lowest BCUT2D eigenvalue weighted by atomic mass is 9.98. The number of halogens is 1. The first-order chi connectivity index (χ1) is 10.8. The second kappa shape index (κ2) is 6.40. The van der Waals surface area contributed by atoms with Crippen LogP contribution in [-0.4, -0.2) is 34.7 Å². The highest BCUT2D eigenvalue weighted by molar-refractivity contribution is 9.10. The van der Waals surface area contributed by atoms with Gasteiger partial charge in [0.1, 0.15) is 5.60 Å². The van der Waals surface area contributed by atoms with Crippen molar-refractivity contribution in [1.82, 2.24) is 9.88 Å². The normalized spacial score (nSPS) is 16.8. The molecule has 0 N–H and O–H groups in total. The zero-order valence-corrected chi connectivity index (χ0v) is 16.0. The van der Waals surface area contributed by atoms with Gasteiger partial charge in [0.2, 0.25) is 0 Å². The number of likely N-dealkylation sites (tertiary alicyclic amines) is 1. The van der Waals surface area contributed by atoms with E-state index >= 15 is 0 Å². The van der Waals surface area contributed by atoms with Crippen LogP contribution in [0.4, 0.5) is 4.79 Å². The van der Waals surface area contributed by atoms with E-state index in [1.165, 1.54) is 9.71 Å². The van der Waals surface area contributed by atoms with Crippen LogP contribution in [0.15, 0.2) is 22.7 Å². The minimum absolute atomic E-state index is 0.204. The molecule has 0 aliphatic carbocycles. The van der Waals surface area contributed by atoms with Crippen LogP contribution in [0.5, 0.6) is 0 Å². The molecule has 1 aromatic carbocycles. The molecule has 2 heterocycles. The molecular formula is C17H21BrN2O2S. The van der Waals surface area contributed by atoms with Crippen LogP contribution >= 0.6 is 27.3 Å². The highest BCUT2D eigenvalue weighted by Gasteiger charge is 2.28. The number of aromatic nitrogens is 1. The van der Waals surface area contributed by atoms with Crippen LogP contribution in [0.25, 0.3) is 10.2 Å². The van der Waals surface area contributed by atoms with E-state index in [1.807, 2.05) is 31.7 Å². The Labute approximate surface area is 149 Å². The van der Waals surface area contributed by atoms with Crippen molar-refractivity contribution in [2.75, 3.05) is 13.1 Å². The Bertz CT molecular complexity index is 715. The monoisotopic (exact) mass is 396 g/mol. The molecule has 23 heavy (non-hydrogen) atoms. The SMILES string of the molecule is CC(C)(C)OC(=O)N1CCC(c2nc3ccc(Br)cc3s2)CC1. The van der Waals surface area contributed by atoms with Crippen molar-refractivity contribution >= 4 is 43.6 Å². The number of piperidine rings is 1. The van der Waals surface area contributed by atoms with E-state index < -0.39 is 5.60 Å². The number of benzene rings is 1. The van der Waals surface area contributed by atoms with Crippen LogP contribution in [0.3, 0.4) is 0 Å². The number of carbonyl (C=O) groups is 1. The van der Waals surface area contributed by atoms with Gasteiger partial charge in [-0.1, -0.05) is 15.9 Å². The standard InChI is InChI=1S/C17H21BrN2O2S/c1-17(2,3)22-16(21)20-8-6-11(7-9-20)15-19-13-5-4-12(18)10-14(13)23-15/h4-5,10-11H,6-9H2,1-3H3.